The summed E-state index contributed by atoms with van der Waals surface area (Å²) in [6, 6.07) is 2.35. The van der Waals surface area contributed by atoms with Gasteiger partial charge in [-0.2, -0.15) is 5.26 Å². The first-order valence-corrected chi connectivity index (χ1v) is 12.3. The largest absolute Gasteiger partial charge is 0.462 e. The molecule has 3 aliphatic carbocycles. The Kier molecular flexibility index (Phi) is 8.68. The van der Waals surface area contributed by atoms with Crippen LogP contribution in [-0.2, 0) is 9.53 Å². The minimum atomic E-state index is 0.0542. The highest BCUT2D eigenvalue weighted by atomic mass is 16.5. The van der Waals surface area contributed by atoms with Crippen LogP contribution in [0.1, 0.15) is 110 Å². The molecule has 3 aliphatic rings. The van der Waals surface area contributed by atoms with Crippen LogP contribution in [0, 0.1) is 40.9 Å². The van der Waals surface area contributed by atoms with Crippen LogP contribution < -0.4 is 0 Å². The fourth-order valence-corrected chi connectivity index (χ4v) is 6.03. The molecule has 158 valence electrons. The van der Waals surface area contributed by atoms with Gasteiger partial charge >= 0.3 is 5.97 Å². The molecule has 0 unspecified atom stereocenters. The van der Waals surface area contributed by atoms with Gasteiger partial charge < -0.3 is 4.74 Å². The van der Waals surface area contributed by atoms with Gasteiger partial charge in [-0.3, -0.25) is 4.79 Å². The number of nitrogens with zero attached hydrogens (tertiary/aromatic N) is 1. The van der Waals surface area contributed by atoms with Crippen LogP contribution in [0.5, 0.6) is 0 Å². The van der Waals surface area contributed by atoms with E-state index in [9.17, 15) is 4.79 Å². The number of ether oxygens (including phenoxy) is 1. The van der Waals surface area contributed by atoms with Crippen LogP contribution >= 0.6 is 0 Å². The van der Waals surface area contributed by atoms with E-state index in [0.29, 0.717) is 0 Å². The summed E-state index contributed by atoms with van der Waals surface area (Å²) in [7, 11) is 0. The quantitative estimate of drug-likeness (QED) is 0.356. The normalized spacial score (nSPS) is 36.4. The lowest BCUT2D eigenvalue weighted by molar-refractivity contribution is -0.157. The molecule has 0 N–H and O–H groups in total. The first-order chi connectivity index (χ1) is 13.7. The molecule has 0 heterocycles. The minimum Gasteiger partial charge on any atom is -0.462 e. The number of hydrogen-bond donors (Lipinski definition) is 0. The van der Waals surface area contributed by atoms with Crippen molar-refractivity contribution in [3.63, 3.8) is 0 Å². The third-order valence-corrected chi connectivity index (χ3v) is 8.02. The third-order valence-electron chi connectivity index (χ3n) is 8.02. The lowest BCUT2D eigenvalue weighted by Crippen LogP contribution is -2.32. The van der Waals surface area contributed by atoms with Gasteiger partial charge in [0, 0.05) is 5.92 Å². The smallest absolute Gasteiger partial charge is 0.309 e. The van der Waals surface area contributed by atoms with Gasteiger partial charge in [0.2, 0.25) is 0 Å². The predicted molar refractivity (Wildman–Crippen MR) is 112 cm³/mol. The van der Waals surface area contributed by atoms with E-state index in [1.807, 2.05) is 0 Å². The van der Waals surface area contributed by atoms with Crippen molar-refractivity contribution in [3.05, 3.63) is 0 Å². The first-order valence-electron chi connectivity index (χ1n) is 12.3. The monoisotopic (exact) mass is 387 g/mol. The van der Waals surface area contributed by atoms with Crippen LogP contribution in [0.25, 0.3) is 0 Å². The van der Waals surface area contributed by atoms with Gasteiger partial charge in [-0.15, -0.1) is 0 Å². The van der Waals surface area contributed by atoms with Crippen molar-refractivity contribution in [1.29, 1.82) is 5.26 Å². The number of carbonyl (C=O) groups excluding carboxylic acids is 1. The van der Waals surface area contributed by atoms with Gasteiger partial charge in [-0.25, -0.2) is 0 Å². The molecule has 0 aromatic carbocycles. The Labute approximate surface area is 172 Å². The molecular weight excluding hydrogens is 346 g/mol. The Hall–Kier alpha value is -1.04. The lowest BCUT2D eigenvalue weighted by Gasteiger charge is -2.37. The summed E-state index contributed by atoms with van der Waals surface area (Å²) in [5, 5.41) is 9.00. The maximum absolute atomic E-state index is 12.6. The first kappa shape index (κ1) is 21.7. The Morgan fingerprint density at radius 3 is 2.04 bits per heavy atom. The second-order valence-corrected chi connectivity index (χ2v) is 9.93. The molecule has 0 aromatic rings. The van der Waals surface area contributed by atoms with Gasteiger partial charge in [0.25, 0.3) is 0 Å². The Bertz CT molecular complexity index is 501. The molecule has 3 rings (SSSR count). The van der Waals surface area contributed by atoms with Crippen LogP contribution in [0.3, 0.4) is 0 Å². The highest BCUT2D eigenvalue weighted by molar-refractivity contribution is 5.72. The molecule has 3 heteroatoms. The highest BCUT2D eigenvalue weighted by Crippen LogP contribution is 2.42. The molecule has 0 aliphatic heterocycles. The van der Waals surface area contributed by atoms with Crippen LogP contribution in [0.15, 0.2) is 0 Å². The number of esters is 1. The number of carbonyl (C=O) groups is 1. The topological polar surface area (TPSA) is 50.1 Å². The summed E-state index contributed by atoms with van der Waals surface area (Å²) >= 11 is 0. The maximum Gasteiger partial charge on any atom is 0.309 e. The van der Waals surface area contributed by atoms with Crippen molar-refractivity contribution >= 4 is 5.97 Å². The van der Waals surface area contributed by atoms with Crippen molar-refractivity contribution in [2.75, 3.05) is 0 Å². The van der Waals surface area contributed by atoms with Crippen molar-refractivity contribution in [2.24, 2.45) is 29.6 Å². The van der Waals surface area contributed by atoms with Gasteiger partial charge in [-0.05, 0) is 82.0 Å². The average molecular weight is 388 g/mol. The van der Waals surface area contributed by atoms with Crippen molar-refractivity contribution in [3.8, 4) is 6.07 Å². The zero-order valence-electron chi connectivity index (χ0n) is 18.0. The molecule has 3 saturated carbocycles. The van der Waals surface area contributed by atoms with Crippen LogP contribution in [-0.4, -0.2) is 12.1 Å². The molecule has 0 atom stereocenters. The molecule has 0 radical (unpaired) electrons. The SMILES string of the molecule is CCCCCC1CCC(C2CCC(C(=O)OC3CCC(C#N)CC3)CC2)CC1. The van der Waals surface area contributed by atoms with E-state index in [0.717, 1.165) is 56.3 Å². The number of unbranched alkanes of at least 4 members (excludes halogenated alkanes) is 2. The van der Waals surface area contributed by atoms with Crippen molar-refractivity contribution in [1.82, 2.24) is 0 Å². The molecule has 0 spiro atoms. The molecule has 0 amide bonds. The van der Waals surface area contributed by atoms with Gasteiger partial charge in [0.05, 0.1) is 12.0 Å². The van der Waals surface area contributed by atoms with Crippen molar-refractivity contribution < 1.29 is 9.53 Å². The minimum absolute atomic E-state index is 0.0542. The molecular formula is C25H41NO2. The summed E-state index contributed by atoms with van der Waals surface area (Å²) < 4.78 is 5.82. The highest BCUT2D eigenvalue weighted by Gasteiger charge is 2.34. The summed E-state index contributed by atoms with van der Waals surface area (Å²) in [6.07, 6.45) is 19.5. The Balaban J connectivity index is 1.32. The van der Waals surface area contributed by atoms with E-state index in [2.05, 4.69) is 13.0 Å². The van der Waals surface area contributed by atoms with Gasteiger partial charge in [0.15, 0.2) is 0 Å². The van der Waals surface area contributed by atoms with Crippen molar-refractivity contribution in [2.45, 2.75) is 116 Å². The Morgan fingerprint density at radius 1 is 0.857 bits per heavy atom. The maximum atomic E-state index is 12.6. The summed E-state index contributed by atoms with van der Waals surface area (Å²) in [5.41, 5.74) is 0. The average Bonchev–Trinajstić information content (AvgIpc) is 2.75. The number of nitriles is 1. The summed E-state index contributed by atoms with van der Waals surface area (Å²) in [5.74, 6) is 3.12. The van der Waals surface area contributed by atoms with Gasteiger partial charge in [-0.1, -0.05) is 45.4 Å². The van der Waals surface area contributed by atoms with Crippen LogP contribution in [0.4, 0.5) is 0 Å². The van der Waals surface area contributed by atoms with E-state index in [4.69, 9.17) is 10.00 Å². The summed E-state index contributed by atoms with van der Waals surface area (Å²) in [6.45, 7) is 2.29. The Morgan fingerprint density at radius 2 is 1.46 bits per heavy atom. The van der Waals surface area contributed by atoms with Crippen LogP contribution in [0.2, 0.25) is 0 Å². The molecule has 0 saturated heterocycles. The third kappa shape index (κ3) is 6.23. The van der Waals surface area contributed by atoms with E-state index < -0.39 is 0 Å². The zero-order valence-corrected chi connectivity index (χ0v) is 18.0. The standard InChI is InChI=1S/C25H41NO2/c1-2-3-4-5-19-6-10-21(11-7-19)22-12-14-23(15-13-22)25(27)28-24-16-8-20(18-26)9-17-24/h19-24H,2-17H2,1H3. The predicted octanol–water partition coefficient (Wildman–Crippen LogP) is 6.81. The fourth-order valence-electron chi connectivity index (χ4n) is 6.03. The zero-order chi connectivity index (χ0) is 19.8. The molecule has 28 heavy (non-hydrogen) atoms. The molecule has 0 aromatic heterocycles. The molecule has 3 fully saturated rings. The number of hydrogen-bond acceptors (Lipinski definition) is 3. The molecule has 0 bridgehead atoms. The van der Waals surface area contributed by atoms with E-state index in [1.165, 1.54) is 64.2 Å². The lowest BCUT2D eigenvalue weighted by atomic mass is 9.68. The van der Waals surface area contributed by atoms with E-state index >= 15 is 0 Å². The summed E-state index contributed by atoms with van der Waals surface area (Å²) in [4.78, 5) is 12.6. The van der Waals surface area contributed by atoms with Gasteiger partial charge in [0.1, 0.15) is 6.10 Å². The van der Waals surface area contributed by atoms with E-state index in [-0.39, 0.29) is 23.9 Å². The molecule has 3 nitrogen and oxygen atoms in total. The second kappa shape index (κ2) is 11.2. The fraction of sp³-hybridized carbons (Fsp3) is 0.920. The number of rotatable bonds is 7. The second-order valence-electron chi connectivity index (χ2n) is 9.93. The van der Waals surface area contributed by atoms with E-state index in [1.54, 1.807) is 0 Å².